The molecule has 1 aromatic rings. The van der Waals surface area contributed by atoms with Gasteiger partial charge in [-0.15, -0.1) is 0 Å². The van der Waals surface area contributed by atoms with Gasteiger partial charge in [-0.3, -0.25) is 0 Å². The first-order valence-corrected chi connectivity index (χ1v) is 9.88. The fourth-order valence-electron chi connectivity index (χ4n) is 3.96. The number of para-hydroxylation sites is 1. The molecule has 0 heterocycles. The normalized spacial score (nSPS) is 31.8. The van der Waals surface area contributed by atoms with Gasteiger partial charge in [-0.1, -0.05) is 31.0 Å². The van der Waals surface area contributed by atoms with E-state index in [0.717, 1.165) is 23.1 Å². The van der Waals surface area contributed by atoms with Crippen LogP contribution in [0.15, 0.2) is 30.3 Å². The molecule has 3 unspecified atom stereocenters. The van der Waals surface area contributed by atoms with Crippen molar-refractivity contribution in [3.63, 3.8) is 0 Å². The molecule has 0 N–H and O–H groups in total. The van der Waals surface area contributed by atoms with E-state index in [2.05, 4.69) is 43.4 Å². The molecule has 3 rings (SSSR count). The highest BCUT2D eigenvalue weighted by Crippen LogP contribution is 2.55. The minimum absolute atomic E-state index is 0.890. The van der Waals surface area contributed by atoms with Crippen LogP contribution in [0.3, 0.4) is 0 Å². The Morgan fingerprint density at radius 1 is 1.06 bits per heavy atom. The molecule has 92 valence electrons. The van der Waals surface area contributed by atoms with Gasteiger partial charge >= 0.3 is 0 Å². The molecule has 2 fully saturated rings. The average molecular weight is 246 g/mol. The summed E-state index contributed by atoms with van der Waals surface area (Å²) in [5.74, 6) is 3.08. The molecule has 0 saturated heterocycles. The topological polar surface area (TPSA) is 9.23 Å². The third kappa shape index (κ3) is 2.15. The minimum atomic E-state index is -1.56. The zero-order valence-electron chi connectivity index (χ0n) is 10.9. The maximum atomic E-state index is 6.38. The second kappa shape index (κ2) is 4.16. The van der Waals surface area contributed by atoms with Gasteiger partial charge in [-0.2, -0.15) is 0 Å². The van der Waals surface area contributed by atoms with E-state index in [0.29, 0.717) is 0 Å². The molecule has 2 aliphatic carbocycles. The number of hydrogen-bond acceptors (Lipinski definition) is 1. The van der Waals surface area contributed by atoms with Gasteiger partial charge in [-0.25, -0.2) is 0 Å². The molecular weight excluding hydrogens is 224 g/mol. The molecule has 0 radical (unpaired) electrons. The van der Waals surface area contributed by atoms with Crippen LogP contribution < -0.4 is 4.43 Å². The number of rotatable bonds is 3. The smallest absolute Gasteiger partial charge is 0.248 e. The molecule has 0 aromatic heterocycles. The third-order valence-electron chi connectivity index (χ3n) is 4.76. The van der Waals surface area contributed by atoms with Gasteiger partial charge in [0.25, 0.3) is 0 Å². The van der Waals surface area contributed by atoms with Crippen LogP contribution in [-0.4, -0.2) is 8.32 Å². The van der Waals surface area contributed by atoms with Gasteiger partial charge in [0.05, 0.1) is 0 Å². The van der Waals surface area contributed by atoms with Crippen molar-refractivity contribution in [2.45, 2.75) is 44.3 Å². The quantitative estimate of drug-likeness (QED) is 0.715. The van der Waals surface area contributed by atoms with Crippen LogP contribution in [0.2, 0.25) is 18.6 Å². The maximum Gasteiger partial charge on any atom is 0.248 e. The Morgan fingerprint density at radius 2 is 1.82 bits per heavy atom. The van der Waals surface area contributed by atoms with Gasteiger partial charge < -0.3 is 4.43 Å². The van der Waals surface area contributed by atoms with Crippen molar-refractivity contribution in [2.24, 2.45) is 11.8 Å². The summed E-state index contributed by atoms with van der Waals surface area (Å²) >= 11 is 0. The van der Waals surface area contributed by atoms with Gasteiger partial charge in [-0.05, 0) is 55.4 Å². The van der Waals surface area contributed by atoms with Crippen LogP contribution in [0.5, 0.6) is 5.75 Å². The molecule has 2 bridgehead atoms. The minimum Gasteiger partial charge on any atom is -0.544 e. The van der Waals surface area contributed by atoms with Crippen LogP contribution in [0.1, 0.15) is 25.7 Å². The van der Waals surface area contributed by atoms with E-state index in [-0.39, 0.29) is 0 Å². The molecular formula is C15H22OSi. The predicted molar refractivity (Wildman–Crippen MR) is 73.8 cm³/mol. The fourth-order valence-corrected chi connectivity index (χ4v) is 7.20. The Morgan fingerprint density at radius 3 is 2.41 bits per heavy atom. The van der Waals surface area contributed by atoms with E-state index in [4.69, 9.17) is 4.43 Å². The lowest BCUT2D eigenvalue weighted by Crippen LogP contribution is -2.42. The van der Waals surface area contributed by atoms with E-state index in [1.807, 2.05) is 0 Å². The zero-order chi connectivity index (χ0) is 11.9. The SMILES string of the molecule is C[Si](C)(Oc1ccccc1)C1CC2CCC1C2. The summed E-state index contributed by atoms with van der Waals surface area (Å²) in [5, 5.41) is 0. The van der Waals surface area contributed by atoms with Crippen molar-refractivity contribution in [1.29, 1.82) is 0 Å². The van der Waals surface area contributed by atoms with E-state index in [1.165, 1.54) is 25.7 Å². The van der Waals surface area contributed by atoms with Crippen molar-refractivity contribution in [2.75, 3.05) is 0 Å². The first kappa shape index (κ1) is 11.3. The third-order valence-corrected chi connectivity index (χ3v) is 8.01. The van der Waals surface area contributed by atoms with Crippen molar-refractivity contribution in [1.82, 2.24) is 0 Å². The fraction of sp³-hybridized carbons (Fsp3) is 0.600. The summed E-state index contributed by atoms with van der Waals surface area (Å²) in [6, 6.07) is 10.4. The lowest BCUT2D eigenvalue weighted by molar-refractivity contribution is 0.423. The summed E-state index contributed by atoms with van der Waals surface area (Å²) < 4.78 is 6.38. The van der Waals surface area contributed by atoms with E-state index in [9.17, 15) is 0 Å². The van der Waals surface area contributed by atoms with Crippen molar-refractivity contribution in [3.05, 3.63) is 30.3 Å². The van der Waals surface area contributed by atoms with Crippen LogP contribution >= 0.6 is 0 Å². The van der Waals surface area contributed by atoms with Crippen molar-refractivity contribution < 1.29 is 4.43 Å². The van der Waals surface area contributed by atoms with E-state index in [1.54, 1.807) is 0 Å². The summed E-state index contributed by atoms with van der Waals surface area (Å²) in [6.07, 6.45) is 5.87. The highest BCUT2D eigenvalue weighted by atomic mass is 28.4. The van der Waals surface area contributed by atoms with Gasteiger partial charge in [0.1, 0.15) is 5.75 Å². The van der Waals surface area contributed by atoms with Gasteiger partial charge in [0, 0.05) is 0 Å². The van der Waals surface area contributed by atoms with E-state index >= 15 is 0 Å². The van der Waals surface area contributed by atoms with Crippen LogP contribution in [0, 0.1) is 11.8 Å². The van der Waals surface area contributed by atoms with Gasteiger partial charge in [0.15, 0.2) is 0 Å². The first-order valence-electron chi connectivity index (χ1n) is 6.89. The molecule has 0 aliphatic heterocycles. The number of benzene rings is 1. The Labute approximate surface area is 105 Å². The van der Waals surface area contributed by atoms with Crippen LogP contribution in [0.4, 0.5) is 0 Å². The number of fused-ring (bicyclic) bond motifs is 2. The lowest BCUT2D eigenvalue weighted by atomic mass is 10.0. The molecule has 17 heavy (non-hydrogen) atoms. The largest absolute Gasteiger partial charge is 0.544 e. The Kier molecular flexibility index (Phi) is 2.78. The maximum absolute atomic E-state index is 6.38. The molecule has 0 spiro atoms. The molecule has 2 heteroatoms. The standard InChI is InChI=1S/C15H22OSi/c1-17(2,16-14-6-4-3-5-7-14)15-11-12-8-9-13(15)10-12/h3-7,12-13,15H,8-11H2,1-2H3. The monoisotopic (exact) mass is 246 g/mol. The Balaban J connectivity index is 1.73. The zero-order valence-corrected chi connectivity index (χ0v) is 11.9. The van der Waals surface area contributed by atoms with Crippen LogP contribution in [-0.2, 0) is 0 Å². The molecule has 2 aliphatic rings. The molecule has 2 saturated carbocycles. The first-order chi connectivity index (χ1) is 8.15. The summed E-state index contributed by atoms with van der Waals surface area (Å²) in [5.41, 5.74) is 0.890. The van der Waals surface area contributed by atoms with Crippen LogP contribution in [0.25, 0.3) is 0 Å². The molecule has 3 atom stereocenters. The second-order valence-electron chi connectivity index (χ2n) is 6.30. The Hall–Kier alpha value is -0.763. The molecule has 1 aromatic carbocycles. The summed E-state index contributed by atoms with van der Waals surface area (Å²) in [4.78, 5) is 0. The Bertz CT molecular complexity index is 387. The molecule has 0 amide bonds. The average Bonchev–Trinajstić information content (AvgIpc) is 2.91. The highest BCUT2D eigenvalue weighted by molar-refractivity contribution is 6.73. The summed E-state index contributed by atoms with van der Waals surface area (Å²) in [7, 11) is -1.56. The number of hydrogen-bond donors (Lipinski definition) is 0. The lowest BCUT2D eigenvalue weighted by Gasteiger charge is -2.35. The van der Waals surface area contributed by atoms with Crippen molar-refractivity contribution in [3.8, 4) is 5.75 Å². The molecule has 1 nitrogen and oxygen atoms in total. The van der Waals surface area contributed by atoms with Gasteiger partial charge in [0.2, 0.25) is 8.32 Å². The second-order valence-corrected chi connectivity index (χ2v) is 10.5. The predicted octanol–water partition coefficient (Wildman–Crippen LogP) is 4.46. The highest BCUT2D eigenvalue weighted by Gasteiger charge is 2.49. The van der Waals surface area contributed by atoms with Crippen molar-refractivity contribution >= 4 is 8.32 Å². The summed E-state index contributed by atoms with van der Waals surface area (Å²) in [6.45, 7) is 4.82. The van der Waals surface area contributed by atoms with E-state index < -0.39 is 8.32 Å².